The van der Waals surface area contributed by atoms with Gasteiger partial charge >= 0.3 is 5.97 Å². The molecule has 5 atom stereocenters. The highest BCUT2D eigenvalue weighted by molar-refractivity contribution is 5.94. The van der Waals surface area contributed by atoms with Crippen molar-refractivity contribution < 1.29 is 34.5 Å². The largest absolute Gasteiger partial charge is 0.508 e. The van der Waals surface area contributed by atoms with Gasteiger partial charge < -0.3 is 53.5 Å². The van der Waals surface area contributed by atoms with Gasteiger partial charge in [-0.1, -0.05) is 30.3 Å². The number of nitrogens with zero attached hydrogens (tertiary/aromatic N) is 1. The van der Waals surface area contributed by atoms with E-state index in [1.807, 2.05) is 24.3 Å². The lowest BCUT2D eigenvalue weighted by Gasteiger charge is -2.26. The van der Waals surface area contributed by atoms with Gasteiger partial charge in [0.05, 0.1) is 12.1 Å². The van der Waals surface area contributed by atoms with Crippen LogP contribution in [0, 0.1) is 0 Å². The van der Waals surface area contributed by atoms with Crippen LogP contribution in [0.1, 0.15) is 30.9 Å². The number of carbonyl (C=O) groups is 4. The summed E-state index contributed by atoms with van der Waals surface area (Å²) in [4.78, 5) is 58.6. The number of aliphatic imine (C=N–C) groups is 1. The SMILES string of the molecule is CC(O)C(NC(=O)C(CCCN=C(N)N)NC(=O)C(Cc1ccc(O)cc1)NC(=O)C(N)Cc1c[nH]c2ccccc12)C(=O)O. The topological polar surface area (TPSA) is 271 Å². The number of aliphatic hydroxyl groups is 1. The quantitative estimate of drug-likeness (QED) is 0.0525. The number of phenolic OH excluding ortho intramolecular Hbond substituents is 1. The molecule has 15 heteroatoms. The van der Waals surface area contributed by atoms with Crippen LogP contribution in [0.3, 0.4) is 0 Å². The number of aliphatic hydroxyl groups excluding tert-OH is 1. The minimum Gasteiger partial charge on any atom is -0.508 e. The molecule has 3 aromatic rings. The van der Waals surface area contributed by atoms with E-state index in [0.717, 1.165) is 16.5 Å². The van der Waals surface area contributed by atoms with Crippen LogP contribution >= 0.6 is 0 Å². The van der Waals surface area contributed by atoms with Crippen molar-refractivity contribution in [2.24, 2.45) is 22.2 Å². The number of aliphatic carboxylic acids is 1. The third-order valence-corrected chi connectivity index (χ3v) is 7.09. The van der Waals surface area contributed by atoms with Gasteiger partial charge in [0.1, 0.15) is 17.8 Å². The average molecular weight is 625 g/mol. The Labute approximate surface area is 259 Å². The molecule has 0 aliphatic heterocycles. The van der Waals surface area contributed by atoms with Gasteiger partial charge in [-0.3, -0.25) is 19.4 Å². The fourth-order valence-corrected chi connectivity index (χ4v) is 4.67. The van der Waals surface area contributed by atoms with Crippen LogP contribution in [0.2, 0.25) is 0 Å². The van der Waals surface area contributed by atoms with Gasteiger partial charge in [0.2, 0.25) is 17.7 Å². The lowest BCUT2D eigenvalue weighted by molar-refractivity contribution is -0.145. The Morgan fingerprint density at radius 2 is 1.56 bits per heavy atom. The molecule has 3 amide bonds. The summed E-state index contributed by atoms with van der Waals surface area (Å²) in [6.07, 6.45) is 0.722. The van der Waals surface area contributed by atoms with Gasteiger partial charge in [0.25, 0.3) is 0 Å². The molecule has 13 N–H and O–H groups in total. The number of carbonyl (C=O) groups excluding carboxylic acids is 3. The molecule has 5 unspecified atom stereocenters. The monoisotopic (exact) mass is 624 g/mol. The van der Waals surface area contributed by atoms with Gasteiger partial charge in [-0.05, 0) is 55.5 Å². The van der Waals surface area contributed by atoms with Crippen LogP contribution < -0.4 is 33.2 Å². The molecule has 0 fully saturated rings. The standard InChI is InChI=1S/C30H40N8O7/c1-16(39)25(29(44)45)38-27(42)23(7-4-12-34-30(32)33)36-28(43)24(13-17-8-10-19(40)11-9-17)37-26(41)21(31)14-18-15-35-22-6-3-2-5-20(18)22/h2-3,5-6,8-11,15-16,21,23-25,35,39-40H,4,7,12-14,31H2,1H3,(H,36,43)(H,37,41)(H,38,42)(H,44,45)(H4,32,33,34). The minimum atomic E-state index is -1.63. The summed E-state index contributed by atoms with van der Waals surface area (Å²) < 4.78 is 0. The molecule has 0 bridgehead atoms. The number of phenols is 1. The van der Waals surface area contributed by atoms with E-state index >= 15 is 0 Å². The van der Waals surface area contributed by atoms with Gasteiger partial charge in [0.15, 0.2) is 12.0 Å². The first-order valence-corrected chi connectivity index (χ1v) is 14.3. The van der Waals surface area contributed by atoms with Crippen molar-refractivity contribution in [1.29, 1.82) is 0 Å². The first kappa shape index (κ1) is 34.3. The van der Waals surface area contributed by atoms with E-state index in [-0.39, 0.29) is 43.9 Å². The van der Waals surface area contributed by atoms with Crippen molar-refractivity contribution in [1.82, 2.24) is 20.9 Å². The molecule has 1 aromatic heterocycles. The average Bonchev–Trinajstić information content (AvgIpc) is 3.39. The number of nitrogens with one attached hydrogen (secondary N) is 4. The second kappa shape index (κ2) is 16.1. The molecule has 242 valence electrons. The van der Waals surface area contributed by atoms with Gasteiger partial charge in [-0.25, -0.2) is 4.79 Å². The summed E-state index contributed by atoms with van der Waals surface area (Å²) >= 11 is 0. The van der Waals surface area contributed by atoms with Crippen molar-refractivity contribution in [3.8, 4) is 5.75 Å². The molecule has 0 saturated heterocycles. The molecular formula is C30H40N8O7. The van der Waals surface area contributed by atoms with Crippen molar-refractivity contribution >= 4 is 40.6 Å². The van der Waals surface area contributed by atoms with Crippen molar-refractivity contribution in [2.45, 2.75) is 62.9 Å². The van der Waals surface area contributed by atoms with E-state index < -0.39 is 54.0 Å². The number of hydrogen-bond donors (Lipinski definition) is 10. The van der Waals surface area contributed by atoms with Crippen LogP contribution in [0.15, 0.2) is 59.7 Å². The number of rotatable bonds is 16. The summed E-state index contributed by atoms with van der Waals surface area (Å²) in [6.45, 7) is 1.32. The maximum atomic E-state index is 13.6. The number of benzene rings is 2. The number of carboxylic acid groups (broad SMARTS) is 1. The Kier molecular flexibility index (Phi) is 12.3. The third kappa shape index (κ3) is 10.2. The Bertz CT molecular complexity index is 1500. The molecule has 15 nitrogen and oxygen atoms in total. The zero-order valence-electron chi connectivity index (χ0n) is 24.8. The molecule has 3 rings (SSSR count). The van der Waals surface area contributed by atoms with Crippen LogP contribution in [0.25, 0.3) is 10.9 Å². The van der Waals surface area contributed by atoms with E-state index in [1.54, 1.807) is 18.3 Å². The number of aromatic nitrogens is 1. The van der Waals surface area contributed by atoms with Crippen LogP contribution in [0.5, 0.6) is 5.75 Å². The molecule has 0 aliphatic carbocycles. The van der Waals surface area contributed by atoms with Crippen LogP contribution in [-0.4, -0.2) is 86.8 Å². The number of hydrogen-bond acceptors (Lipinski definition) is 8. The van der Waals surface area contributed by atoms with Crippen LogP contribution in [0.4, 0.5) is 0 Å². The second-order valence-corrected chi connectivity index (χ2v) is 10.7. The number of para-hydroxylation sites is 1. The summed E-state index contributed by atoms with van der Waals surface area (Å²) in [6, 6.07) is 8.40. The highest BCUT2D eigenvalue weighted by atomic mass is 16.4. The van der Waals surface area contributed by atoms with E-state index in [0.29, 0.717) is 5.56 Å². The fourth-order valence-electron chi connectivity index (χ4n) is 4.67. The smallest absolute Gasteiger partial charge is 0.328 e. The van der Waals surface area contributed by atoms with Gasteiger partial charge in [-0.2, -0.15) is 0 Å². The second-order valence-electron chi connectivity index (χ2n) is 10.7. The lowest BCUT2D eigenvalue weighted by Crippen LogP contribution is -2.58. The number of carboxylic acids is 1. The molecule has 0 spiro atoms. The predicted octanol–water partition coefficient (Wildman–Crippen LogP) is -1.04. The van der Waals surface area contributed by atoms with Gasteiger partial charge in [0, 0.05) is 30.1 Å². The molecular weight excluding hydrogens is 584 g/mol. The Morgan fingerprint density at radius 1 is 0.911 bits per heavy atom. The summed E-state index contributed by atoms with van der Waals surface area (Å²) in [7, 11) is 0. The maximum Gasteiger partial charge on any atom is 0.328 e. The fraction of sp³-hybridized carbons (Fsp3) is 0.367. The zero-order chi connectivity index (χ0) is 33.1. The third-order valence-electron chi connectivity index (χ3n) is 7.09. The first-order chi connectivity index (χ1) is 21.3. The highest BCUT2D eigenvalue weighted by Crippen LogP contribution is 2.19. The summed E-state index contributed by atoms with van der Waals surface area (Å²) in [5.41, 5.74) is 19.3. The maximum absolute atomic E-state index is 13.6. The van der Waals surface area contributed by atoms with E-state index in [2.05, 4.69) is 25.9 Å². The summed E-state index contributed by atoms with van der Waals surface area (Å²) in [5.74, 6) is -3.86. The number of aromatic hydroxyl groups is 1. The van der Waals surface area contributed by atoms with E-state index in [4.69, 9.17) is 17.2 Å². The number of H-pyrrole nitrogens is 1. The normalized spacial score (nSPS) is 14.4. The molecule has 1 heterocycles. The minimum absolute atomic E-state index is 0.000452. The number of fused-ring (bicyclic) bond motifs is 1. The first-order valence-electron chi connectivity index (χ1n) is 14.3. The lowest BCUT2D eigenvalue weighted by atomic mass is 10.0. The number of aromatic amines is 1. The molecule has 2 aromatic carbocycles. The van der Waals surface area contributed by atoms with E-state index in [1.165, 1.54) is 19.1 Å². The molecule has 0 saturated carbocycles. The number of amides is 3. The number of guanidine groups is 1. The van der Waals surface area contributed by atoms with Crippen molar-refractivity contribution in [3.05, 3.63) is 65.9 Å². The summed E-state index contributed by atoms with van der Waals surface area (Å²) in [5, 5.41) is 37.3. The molecule has 0 aliphatic rings. The van der Waals surface area contributed by atoms with Gasteiger partial charge in [-0.15, -0.1) is 0 Å². The Hall–Kier alpha value is -5.15. The molecule has 0 radical (unpaired) electrons. The Balaban J connectivity index is 1.81. The van der Waals surface area contributed by atoms with E-state index in [9.17, 15) is 34.5 Å². The van der Waals surface area contributed by atoms with Crippen molar-refractivity contribution in [3.63, 3.8) is 0 Å². The molecule has 45 heavy (non-hydrogen) atoms. The zero-order valence-corrected chi connectivity index (χ0v) is 24.8. The Morgan fingerprint density at radius 3 is 2.20 bits per heavy atom. The highest BCUT2D eigenvalue weighted by Gasteiger charge is 2.32. The number of nitrogens with two attached hydrogens (primary N) is 3. The predicted molar refractivity (Wildman–Crippen MR) is 167 cm³/mol. The van der Waals surface area contributed by atoms with Crippen LogP contribution in [-0.2, 0) is 32.0 Å². The van der Waals surface area contributed by atoms with Crippen molar-refractivity contribution in [2.75, 3.05) is 6.54 Å².